The van der Waals surface area contributed by atoms with E-state index in [1.807, 2.05) is 12.1 Å². The fourth-order valence-electron chi connectivity index (χ4n) is 4.67. The Balaban J connectivity index is 1.51. The first-order chi connectivity index (χ1) is 15.9. The molecule has 2 aromatic carbocycles. The van der Waals surface area contributed by atoms with Crippen molar-refractivity contribution in [3.8, 4) is 11.5 Å². The molecule has 2 unspecified atom stereocenters. The molecule has 1 aliphatic carbocycles. The van der Waals surface area contributed by atoms with Crippen LogP contribution >= 0.6 is 0 Å². The second-order valence-corrected chi connectivity index (χ2v) is 9.00. The van der Waals surface area contributed by atoms with E-state index in [4.69, 9.17) is 4.74 Å². The molecule has 0 bridgehead atoms. The van der Waals surface area contributed by atoms with Gasteiger partial charge < -0.3 is 9.47 Å². The second-order valence-electron chi connectivity index (χ2n) is 9.00. The highest BCUT2D eigenvalue weighted by atomic mass is 19.2. The predicted octanol–water partition coefficient (Wildman–Crippen LogP) is 8.26. The van der Waals surface area contributed by atoms with Crippen molar-refractivity contribution in [3.63, 3.8) is 0 Å². The lowest BCUT2D eigenvalue weighted by atomic mass is 9.77. The largest absolute Gasteiger partial charge is 0.494 e. The van der Waals surface area contributed by atoms with Gasteiger partial charge in [0.25, 0.3) is 0 Å². The van der Waals surface area contributed by atoms with E-state index in [-0.39, 0.29) is 11.3 Å². The summed E-state index contributed by atoms with van der Waals surface area (Å²) in [5, 5.41) is 0. The van der Waals surface area contributed by atoms with Gasteiger partial charge in [0.2, 0.25) is 11.6 Å². The van der Waals surface area contributed by atoms with Crippen LogP contribution in [0.1, 0.15) is 81.5 Å². The fraction of sp³-hybridized carbons (Fsp3) is 0.556. The molecule has 1 aliphatic rings. The van der Waals surface area contributed by atoms with Crippen molar-refractivity contribution in [2.24, 2.45) is 5.92 Å². The van der Waals surface area contributed by atoms with Crippen LogP contribution in [0.3, 0.4) is 0 Å². The number of hydrogen-bond donors (Lipinski definition) is 0. The van der Waals surface area contributed by atoms with Gasteiger partial charge in [0.1, 0.15) is 6.61 Å². The molecule has 2 atom stereocenters. The number of benzene rings is 2. The van der Waals surface area contributed by atoms with Crippen LogP contribution in [0.2, 0.25) is 0 Å². The van der Waals surface area contributed by atoms with E-state index < -0.39 is 36.3 Å². The molecule has 1 saturated carbocycles. The minimum Gasteiger partial charge on any atom is -0.494 e. The summed E-state index contributed by atoms with van der Waals surface area (Å²) in [5.74, 6) is -2.00. The maximum Gasteiger partial charge on any atom is 0.204 e. The minimum absolute atomic E-state index is 0.212. The average molecular weight is 467 g/mol. The van der Waals surface area contributed by atoms with Gasteiger partial charge in [0.05, 0.1) is 7.11 Å². The van der Waals surface area contributed by atoms with E-state index in [1.165, 1.54) is 57.3 Å². The van der Waals surface area contributed by atoms with E-state index in [2.05, 4.69) is 11.7 Å². The van der Waals surface area contributed by atoms with Gasteiger partial charge in [-0.25, -0.2) is 8.78 Å². The zero-order chi connectivity index (χ0) is 23.8. The number of ether oxygens (including phenoxy) is 2. The number of methoxy groups -OCH3 is 1. The summed E-state index contributed by atoms with van der Waals surface area (Å²) < 4.78 is 66.5. The summed E-state index contributed by atoms with van der Waals surface area (Å²) in [7, 11) is 1.20. The molecule has 33 heavy (non-hydrogen) atoms. The summed E-state index contributed by atoms with van der Waals surface area (Å²) >= 11 is 0. The Morgan fingerprint density at radius 1 is 0.879 bits per heavy atom. The third-order valence-corrected chi connectivity index (χ3v) is 6.74. The van der Waals surface area contributed by atoms with Crippen LogP contribution in [0.5, 0.6) is 11.5 Å². The van der Waals surface area contributed by atoms with Crippen LogP contribution in [0.4, 0.5) is 17.6 Å². The van der Waals surface area contributed by atoms with Gasteiger partial charge >= 0.3 is 0 Å². The van der Waals surface area contributed by atoms with Crippen LogP contribution < -0.4 is 9.47 Å². The standard InChI is InChI=1S/C27H34F4O2/c1-3-4-5-6-18-7-9-19(10-8-18)20-11-13-21(14-12-20)25(29)22(28)17-33-24-16-15-23(32-2)26(30)27(24)31/h11-16,18-19,22,25H,3-10,17H2,1-2H3. The summed E-state index contributed by atoms with van der Waals surface area (Å²) in [6.07, 6.45) is 5.99. The molecule has 0 heterocycles. The number of unbranched alkanes of at least 4 members (excludes halogenated alkanes) is 2. The van der Waals surface area contributed by atoms with E-state index in [9.17, 15) is 17.6 Å². The third kappa shape index (κ3) is 6.64. The van der Waals surface area contributed by atoms with Crippen molar-refractivity contribution in [2.45, 2.75) is 76.6 Å². The Hall–Kier alpha value is -2.24. The fourth-order valence-corrected chi connectivity index (χ4v) is 4.67. The Morgan fingerprint density at radius 3 is 2.15 bits per heavy atom. The van der Waals surface area contributed by atoms with Gasteiger partial charge in [-0.2, -0.15) is 8.78 Å². The highest BCUT2D eigenvalue weighted by Crippen LogP contribution is 2.38. The average Bonchev–Trinajstić information content (AvgIpc) is 2.85. The third-order valence-electron chi connectivity index (χ3n) is 6.74. The number of rotatable bonds is 11. The highest BCUT2D eigenvalue weighted by Gasteiger charge is 2.26. The van der Waals surface area contributed by atoms with Crippen molar-refractivity contribution < 1.29 is 27.0 Å². The first-order valence-electron chi connectivity index (χ1n) is 12.0. The van der Waals surface area contributed by atoms with Crippen LogP contribution in [0.25, 0.3) is 0 Å². The summed E-state index contributed by atoms with van der Waals surface area (Å²) in [4.78, 5) is 0. The van der Waals surface area contributed by atoms with Gasteiger partial charge in [-0.05, 0) is 60.8 Å². The lowest BCUT2D eigenvalue weighted by molar-refractivity contribution is 0.106. The smallest absolute Gasteiger partial charge is 0.204 e. The van der Waals surface area contributed by atoms with E-state index >= 15 is 0 Å². The van der Waals surface area contributed by atoms with Crippen molar-refractivity contribution in [2.75, 3.05) is 13.7 Å². The van der Waals surface area contributed by atoms with E-state index in [0.29, 0.717) is 5.92 Å². The molecule has 0 aromatic heterocycles. The van der Waals surface area contributed by atoms with Gasteiger partial charge in [0, 0.05) is 0 Å². The van der Waals surface area contributed by atoms with E-state index in [0.717, 1.165) is 24.8 Å². The number of alkyl halides is 2. The Kier molecular flexibility index (Phi) is 9.45. The quantitative estimate of drug-likeness (QED) is 0.245. The zero-order valence-corrected chi connectivity index (χ0v) is 19.5. The van der Waals surface area contributed by atoms with Crippen LogP contribution in [0, 0.1) is 17.6 Å². The first kappa shape index (κ1) is 25.4. The van der Waals surface area contributed by atoms with Crippen molar-refractivity contribution in [1.29, 1.82) is 0 Å². The van der Waals surface area contributed by atoms with Crippen LogP contribution in [0.15, 0.2) is 36.4 Å². The first-order valence-corrected chi connectivity index (χ1v) is 12.0. The maximum atomic E-state index is 14.7. The van der Waals surface area contributed by atoms with Gasteiger partial charge in [-0.1, -0.05) is 56.9 Å². The molecular weight excluding hydrogens is 432 g/mol. The Bertz CT molecular complexity index is 863. The molecule has 3 rings (SSSR count). The van der Waals surface area contributed by atoms with Crippen molar-refractivity contribution in [3.05, 3.63) is 59.2 Å². The SMILES string of the molecule is CCCCCC1CCC(c2ccc(C(F)C(F)COc3ccc(OC)c(F)c3F)cc2)CC1. The Labute approximate surface area is 194 Å². The van der Waals surface area contributed by atoms with E-state index in [1.54, 1.807) is 12.1 Å². The molecular formula is C27H34F4O2. The Morgan fingerprint density at radius 2 is 1.52 bits per heavy atom. The van der Waals surface area contributed by atoms with Crippen molar-refractivity contribution >= 4 is 0 Å². The molecule has 0 N–H and O–H groups in total. The zero-order valence-electron chi connectivity index (χ0n) is 19.5. The lowest BCUT2D eigenvalue weighted by Gasteiger charge is -2.29. The van der Waals surface area contributed by atoms with Gasteiger partial charge in [-0.15, -0.1) is 0 Å². The monoisotopic (exact) mass is 466 g/mol. The molecule has 2 aromatic rings. The normalized spacial score (nSPS) is 20.3. The molecule has 0 aliphatic heterocycles. The maximum absolute atomic E-state index is 14.7. The topological polar surface area (TPSA) is 18.5 Å². The molecule has 2 nitrogen and oxygen atoms in total. The molecule has 0 amide bonds. The molecule has 1 fully saturated rings. The highest BCUT2D eigenvalue weighted by molar-refractivity contribution is 5.35. The molecule has 0 radical (unpaired) electrons. The van der Waals surface area contributed by atoms with Crippen LogP contribution in [-0.2, 0) is 0 Å². The molecule has 182 valence electrons. The molecule has 0 saturated heterocycles. The second kappa shape index (κ2) is 12.3. The number of hydrogen-bond acceptors (Lipinski definition) is 2. The summed E-state index contributed by atoms with van der Waals surface area (Å²) in [6, 6.07) is 9.31. The summed E-state index contributed by atoms with van der Waals surface area (Å²) in [6.45, 7) is 1.50. The lowest BCUT2D eigenvalue weighted by Crippen LogP contribution is -2.19. The molecule has 6 heteroatoms. The predicted molar refractivity (Wildman–Crippen MR) is 122 cm³/mol. The molecule has 0 spiro atoms. The minimum atomic E-state index is -2.01. The van der Waals surface area contributed by atoms with Crippen molar-refractivity contribution in [1.82, 2.24) is 0 Å². The van der Waals surface area contributed by atoms with Crippen LogP contribution in [-0.4, -0.2) is 19.9 Å². The van der Waals surface area contributed by atoms with Gasteiger partial charge in [0.15, 0.2) is 23.8 Å². The summed E-state index contributed by atoms with van der Waals surface area (Å²) in [5.41, 5.74) is 1.38. The number of halogens is 4. The van der Waals surface area contributed by atoms with Gasteiger partial charge in [-0.3, -0.25) is 0 Å².